The zero-order valence-electron chi connectivity index (χ0n) is 10.5. The molecule has 1 fully saturated rings. The van der Waals surface area contributed by atoms with Gasteiger partial charge in [-0.2, -0.15) is 0 Å². The number of amides is 1. The van der Waals surface area contributed by atoms with Gasteiger partial charge in [0.25, 0.3) is 5.91 Å². The Labute approximate surface area is 110 Å². The van der Waals surface area contributed by atoms with Gasteiger partial charge in [0.1, 0.15) is 4.88 Å². The second-order valence-electron chi connectivity index (χ2n) is 4.36. The number of hydrogen-bond acceptors (Lipinski definition) is 6. The predicted octanol–water partition coefficient (Wildman–Crippen LogP) is 0.174. The van der Waals surface area contributed by atoms with Gasteiger partial charge in [0.05, 0.1) is 18.3 Å². The molecule has 0 aliphatic carbocycles. The molecule has 0 saturated carbocycles. The van der Waals surface area contributed by atoms with Crippen LogP contribution in [0.15, 0.2) is 6.20 Å². The van der Waals surface area contributed by atoms with Crippen LogP contribution in [0, 0.1) is 0 Å². The maximum absolute atomic E-state index is 12.0. The van der Waals surface area contributed by atoms with Crippen molar-refractivity contribution in [1.82, 2.24) is 15.2 Å². The maximum Gasteiger partial charge on any atom is 0.263 e. The van der Waals surface area contributed by atoms with Crippen molar-refractivity contribution in [3.8, 4) is 0 Å². The quantitative estimate of drug-likeness (QED) is 0.815. The number of nitrogens with zero attached hydrogens (tertiary/aromatic N) is 2. The predicted molar refractivity (Wildman–Crippen MR) is 70.7 cm³/mol. The highest BCUT2D eigenvalue weighted by Crippen LogP contribution is 2.16. The summed E-state index contributed by atoms with van der Waals surface area (Å²) in [6.45, 7) is 4.24. The molecule has 1 amide bonds. The van der Waals surface area contributed by atoms with Gasteiger partial charge >= 0.3 is 0 Å². The maximum atomic E-state index is 12.0. The molecule has 1 aromatic rings. The molecule has 7 heteroatoms. The van der Waals surface area contributed by atoms with E-state index in [0.717, 1.165) is 13.1 Å². The third kappa shape index (κ3) is 2.98. The number of nitrogens with one attached hydrogen (secondary N) is 1. The molecule has 0 radical (unpaired) electrons. The number of nitrogen functional groups attached to an aromatic ring is 1. The molecule has 0 bridgehead atoms. The van der Waals surface area contributed by atoms with E-state index < -0.39 is 0 Å². The van der Waals surface area contributed by atoms with Gasteiger partial charge in [-0.25, -0.2) is 4.98 Å². The van der Waals surface area contributed by atoms with Gasteiger partial charge in [0.2, 0.25) is 0 Å². The highest BCUT2D eigenvalue weighted by atomic mass is 32.1. The van der Waals surface area contributed by atoms with Gasteiger partial charge in [-0.15, -0.1) is 0 Å². The topological polar surface area (TPSA) is 80.5 Å². The Morgan fingerprint density at radius 1 is 1.72 bits per heavy atom. The van der Waals surface area contributed by atoms with Crippen molar-refractivity contribution in [2.75, 3.05) is 32.5 Å². The SMILES string of the molecule is CCO[C@H]1CN(C)C[C@@H]1NC(=O)c1cnc(N)s1. The number of nitrogens with two attached hydrogens (primary N) is 1. The second kappa shape index (κ2) is 5.64. The van der Waals surface area contributed by atoms with Crippen molar-refractivity contribution in [1.29, 1.82) is 0 Å². The van der Waals surface area contributed by atoms with Gasteiger partial charge in [-0.3, -0.25) is 4.79 Å². The fraction of sp³-hybridized carbons (Fsp3) is 0.636. The molecule has 1 aliphatic heterocycles. The Kier molecular flexibility index (Phi) is 4.15. The summed E-state index contributed by atoms with van der Waals surface area (Å²) in [5.41, 5.74) is 5.52. The third-order valence-corrected chi connectivity index (χ3v) is 3.72. The molecular weight excluding hydrogens is 252 g/mol. The summed E-state index contributed by atoms with van der Waals surface area (Å²) >= 11 is 1.19. The molecule has 2 heterocycles. The minimum atomic E-state index is -0.130. The largest absolute Gasteiger partial charge is 0.375 e. The standard InChI is InChI=1S/C11H18N4O2S/c1-3-17-8-6-15(2)5-7(8)14-10(16)9-4-13-11(12)18-9/h4,7-8H,3,5-6H2,1-2H3,(H2,12,13)(H,14,16)/t7-,8-/m0/s1. The molecule has 18 heavy (non-hydrogen) atoms. The van der Waals surface area contributed by atoms with Gasteiger partial charge in [-0.1, -0.05) is 11.3 Å². The highest BCUT2D eigenvalue weighted by molar-refractivity contribution is 7.17. The molecule has 0 spiro atoms. The molecule has 100 valence electrons. The van der Waals surface area contributed by atoms with Crippen molar-refractivity contribution < 1.29 is 9.53 Å². The average molecular weight is 270 g/mol. The first-order valence-corrected chi connectivity index (χ1v) is 6.74. The van der Waals surface area contributed by atoms with E-state index >= 15 is 0 Å². The van der Waals surface area contributed by atoms with E-state index in [0.29, 0.717) is 16.6 Å². The van der Waals surface area contributed by atoms with Crippen LogP contribution in [0.25, 0.3) is 0 Å². The number of likely N-dealkylation sites (N-methyl/N-ethyl adjacent to an activating group) is 1. The number of aromatic nitrogens is 1. The molecule has 6 nitrogen and oxygen atoms in total. The lowest BCUT2D eigenvalue weighted by molar-refractivity contribution is 0.0514. The zero-order valence-corrected chi connectivity index (χ0v) is 11.4. The number of anilines is 1. The Morgan fingerprint density at radius 3 is 3.11 bits per heavy atom. The number of thiazole rings is 1. The van der Waals surface area contributed by atoms with E-state index in [4.69, 9.17) is 10.5 Å². The summed E-state index contributed by atoms with van der Waals surface area (Å²) < 4.78 is 5.63. The Bertz CT molecular complexity index is 423. The molecule has 0 aromatic carbocycles. The molecule has 3 N–H and O–H groups in total. The molecule has 0 unspecified atom stereocenters. The van der Waals surface area contributed by atoms with Crippen LogP contribution in [0.3, 0.4) is 0 Å². The Morgan fingerprint density at radius 2 is 2.50 bits per heavy atom. The van der Waals surface area contributed by atoms with Crippen molar-refractivity contribution >= 4 is 22.4 Å². The van der Waals surface area contributed by atoms with Crippen LogP contribution in [-0.4, -0.2) is 54.7 Å². The smallest absolute Gasteiger partial charge is 0.263 e. The normalized spacial score (nSPS) is 24.3. The first-order valence-electron chi connectivity index (χ1n) is 5.92. The van der Waals surface area contributed by atoms with Crippen molar-refractivity contribution in [2.45, 2.75) is 19.1 Å². The summed E-state index contributed by atoms with van der Waals surface area (Å²) in [6.07, 6.45) is 1.55. The number of ether oxygens (including phenoxy) is 1. The van der Waals surface area contributed by atoms with E-state index in [2.05, 4.69) is 15.2 Å². The number of hydrogen-bond donors (Lipinski definition) is 2. The lowest BCUT2D eigenvalue weighted by Gasteiger charge is -2.19. The molecule has 2 atom stereocenters. The summed E-state index contributed by atoms with van der Waals surface area (Å²) in [4.78, 5) is 18.6. The summed E-state index contributed by atoms with van der Waals surface area (Å²) in [5, 5.41) is 3.39. The fourth-order valence-corrected chi connectivity index (χ4v) is 2.70. The number of likely N-dealkylation sites (tertiary alicyclic amines) is 1. The van der Waals surface area contributed by atoms with Crippen molar-refractivity contribution in [2.24, 2.45) is 0 Å². The summed E-state index contributed by atoms with van der Waals surface area (Å²) in [5.74, 6) is -0.130. The van der Waals surface area contributed by atoms with Crippen molar-refractivity contribution in [3.63, 3.8) is 0 Å². The molecular formula is C11H18N4O2S. The lowest BCUT2D eigenvalue weighted by Crippen LogP contribution is -2.43. The number of carbonyl (C=O) groups is 1. The van der Waals surface area contributed by atoms with Crippen LogP contribution >= 0.6 is 11.3 Å². The summed E-state index contributed by atoms with van der Waals surface area (Å²) in [7, 11) is 2.02. The Hall–Kier alpha value is -1.18. The molecule has 1 aromatic heterocycles. The van der Waals surface area contributed by atoms with Crippen LogP contribution in [0.1, 0.15) is 16.6 Å². The van der Waals surface area contributed by atoms with E-state index in [1.165, 1.54) is 17.5 Å². The Balaban J connectivity index is 1.97. The van der Waals surface area contributed by atoms with Crippen LogP contribution in [0.2, 0.25) is 0 Å². The monoisotopic (exact) mass is 270 g/mol. The van der Waals surface area contributed by atoms with Gasteiger partial charge in [0, 0.05) is 19.7 Å². The summed E-state index contributed by atoms with van der Waals surface area (Å²) in [6, 6.07) is 0.0192. The first kappa shape index (κ1) is 13.3. The van der Waals surface area contributed by atoms with E-state index in [1.54, 1.807) is 0 Å². The van der Waals surface area contributed by atoms with Crippen molar-refractivity contribution in [3.05, 3.63) is 11.1 Å². The van der Waals surface area contributed by atoms with E-state index in [-0.39, 0.29) is 18.1 Å². The fourth-order valence-electron chi connectivity index (χ4n) is 2.12. The van der Waals surface area contributed by atoms with Gasteiger partial charge in [0.15, 0.2) is 5.13 Å². The minimum absolute atomic E-state index is 0.0192. The van der Waals surface area contributed by atoms with Crippen LogP contribution in [0.4, 0.5) is 5.13 Å². The highest BCUT2D eigenvalue weighted by Gasteiger charge is 2.32. The second-order valence-corrected chi connectivity index (χ2v) is 5.42. The first-order chi connectivity index (χ1) is 8.60. The van der Waals surface area contributed by atoms with Gasteiger partial charge < -0.3 is 20.7 Å². The average Bonchev–Trinajstić information content (AvgIpc) is 2.87. The third-order valence-electron chi connectivity index (χ3n) is 2.89. The zero-order chi connectivity index (χ0) is 13.1. The van der Waals surface area contributed by atoms with Crippen LogP contribution in [-0.2, 0) is 4.74 Å². The lowest BCUT2D eigenvalue weighted by atomic mass is 10.2. The number of rotatable bonds is 4. The van der Waals surface area contributed by atoms with Crippen LogP contribution in [0.5, 0.6) is 0 Å². The van der Waals surface area contributed by atoms with Crippen LogP contribution < -0.4 is 11.1 Å². The molecule has 2 rings (SSSR count). The van der Waals surface area contributed by atoms with Gasteiger partial charge in [-0.05, 0) is 14.0 Å². The van der Waals surface area contributed by atoms with E-state index in [9.17, 15) is 4.79 Å². The molecule has 1 saturated heterocycles. The molecule has 1 aliphatic rings. The minimum Gasteiger partial charge on any atom is -0.375 e. The van der Waals surface area contributed by atoms with E-state index in [1.807, 2.05) is 14.0 Å². The number of carbonyl (C=O) groups excluding carboxylic acids is 1.